The second-order valence-electron chi connectivity index (χ2n) is 7.13. The van der Waals surface area contributed by atoms with Crippen LogP contribution in [0.2, 0.25) is 10.0 Å². The first-order valence-electron chi connectivity index (χ1n) is 9.43. The first-order chi connectivity index (χ1) is 14.0. The molecule has 1 aliphatic rings. The maximum absolute atomic E-state index is 13.5. The van der Waals surface area contributed by atoms with Gasteiger partial charge in [0, 0.05) is 36.0 Å². The van der Waals surface area contributed by atoms with E-state index in [0.29, 0.717) is 40.2 Å². The number of carbonyl (C=O) groups is 1. The SMILES string of the molecule is O=C(CCc1ncc(-c2ccc(Cl)cc2Cl)o1)N(Cc1cccc(F)c1)C1CC1. The zero-order valence-electron chi connectivity index (χ0n) is 15.6. The molecule has 0 N–H and O–H groups in total. The lowest BCUT2D eigenvalue weighted by atomic mass is 10.2. The molecule has 150 valence electrons. The minimum Gasteiger partial charge on any atom is -0.441 e. The third-order valence-corrected chi connectivity index (χ3v) is 5.40. The van der Waals surface area contributed by atoms with Gasteiger partial charge in [0.1, 0.15) is 5.82 Å². The van der Waals surface area contributed by atoms with E-state index in [1.165, 1.54) is 12.1 Å². The second kappa shape index (κ2) is 8.56. The van der Waals surface area contributed by atoms with Gasteiger partial charge in [-0.2, -0.15) is 0 Å². The van der Waals surface area contributed by atoms with Crippen LogP contribution in [0, 0.1) is 5.82 Å². The van der Waals surface area contributed by atoms with Crippen molar-refractivity contribution in [2.24, 2.45) is 0 Å². The molecule has 0 atom stereocenters. The molecule has 0 saturated heterocycles. The van der Waals surface area contributed by atoms with E-state index in [0.717, 1.165) is 18.4 Å². The third kappa shape index (κ3) is 4.98. The first-order valence-corrected chi connectivity index (χ1v) is 10.2. The lowest BCUT2D eigenvalue weighted by molar-refractivity contribution is -0.132. The van der Waals surface area contributed by atoms with Crippen molar-refractivity contribution in [3.05, 3.63) is 76.0 Å². The highest BCUT2D eigenvalue weighted by molar-refractivity contribution is 6.36. The topological polar surface area (TPSA) is 46.3 Å². The normalized spacial score (nSPS) is 13.5. The smallest absolute Gasteiger partial charge is 0.223 e. The number of hydrogen-bond acceptors (Lipinski definition) is 3. The van der Waals surface area contributed by atoms with Crippen molar-refractivity contribution in [1.29, 1.82) is 0 Å². The van der Waals surface area contributed by atoms with Crippen LogP contribution in [-0.2, 0) is 17.8 Å². The van der Waals surface area contributed by atoms with Crippen molar-refractivity contribution < 1.29 is 13.6 Å². The summed E-state index contributed by atoms with van der Waals surface area (Å²) in [6.45, 7) is 0.415. The Balaban J connectivity index is 1.40. The van der Waals surface area contributed by atoms with Crippen molar-refractivity contribution in [3.8, 4) is 11.3 Å². The van der Waals surface area contributed by atoms with Crippen LogP contribution in [0.15, 0.2) is 53.1 Å². The molecule has 7 heteroatoms. The molecule has 29 heavy (non-hydrogen) atoms. The van der Waals surface area contributed by atoms with E-state index in [9.17, 15) is 9.18 Å². The molecule has 3 aromatic rings. The zero-order chi connectivity index (χ0) is 20.4. The van der Waals surface area contributed by atoms with E-state index in [-0.39, 0.29) is 24.2 Å². The van der Waals surface area contributed by atoms with Crippen LogP contribution in [-0.4, -0.2) is 21.8 Å². The number of amides is 1. The maximum atomic E-state index is 13.5. The Morgan fingerprint density at radius 1 is 1.21 bits per heavy atom. The summed E-state index contributed by atoms with van der Waals surface area (Å²) in [6.07, 6.45) is 4.23. The number of carbonyl (C=O) groups excluding carboxylic acids is 1. The Kier molecular flexibility index (Phi) is 5.88. The summed E-state index contributed by atoms with van der Waals surface area (Å²) in [5.74, 6) is 0.730. The van der Waals surface area contributed by atoms with E-state index in [4.69, 9.17) is 27.6 Å². The molecule has 0 bridgehead atoms. The molecule has 1 fully saturated rings. The number of hydrogen-bond donors (Lipinski definition) is 0. The van der Waals surface area contributed by atoms with E-state index in [1.54, 1.807) is 30.5 Å². The molecule has 0 radical (unpaired) electrons. The Bertz CT molecular complexity index is 1030. The summed E-state index contributed by atoms with van der Waals surface area (Å²) in [5, 5.41) is 1.02. The molecule has 1 aliphatic carbocycles. The molecule has 2 aromatic carbocycles. The Morgan fingerprint density at radius 3 is 2.76 bits per heavy atom. The van der Waals surface area contributed by atoms with Gasteiger partial charge in [-0.1, -0.05) is 35.3 Å². The van der Waals surface area contributed by atoms with Crippen molar-refractivity contribution >= 4 is 29.1 Å². The van der Waals surface area contributed by atoms with Crippen molar-refractivity contribution in [1.82, 2.24) is 9.88 Å². The molecule has 1 heterocycles. The highest BCUT2D eigenvalue weighted by atomic mass is 35.5. The summed E-state index contributed by atoms with van der Waals surface area (Å²) in [6, 6.07) is 11.8. The van der Waals surface area contributed by atoms with Gasteiger partial charge in [-0.15, -0.1) is 0 Å². The maximum Gasteiger partial charge on any atom is 0.223 e. The van der Waals surface area contributed by atoms with Crippen LogP contribution < -0.4 is 0 Å². The molecule has 1 aromatic heterocycles. The molecule has 0 aliphatic heterocycles. The van der Waals surface area contributed by atoms with Crippen LogP contribution in [0.5, 0.6) is 0 Å². The number of nitrogens with zero attached hydrogens (tertiary/aromatic N) is 2. The standard InChI is InChI=1S/C22H19Cl2FN2O2/c23-15-4-7-18(19(24)11-15)20-12-26-21(29-20)8-9-22(28)27(17-5-6-17)13-14-2-1-3-16(25)10-14/h1-4,7,10-12,17H,5-6,8-9,13H2. The van der Waals surface area contributed by atoms with Gasteiger partial charge in [-0.3, -0.25) is 4.79 Å². The molecular weight excluding hydrogens is 414 g/mol. The lowest BCUT2D eigenvalue weighted by Crippen LogP contribution is -2.32. The number of rotatable bonds is 7. The van der Waals surface area contributed by atoms with E-state index < -0.39 is 0 Å². The zero-order valence-corrected chi connectivity index (χ0v) is 17.1. The number of aryl methyl sites for hydroxylation is 1. The largest absolute Gasteiger partial charge is 0.441 e. The predicted octanol–water partition coefficient (Wildman–Crippen LogP) is 5.91. The van der Waals surface area contributed by atoms with E-state index in [1.807, 2.05) is 11.0 Å². The molecular formula is C22H19Cl2FN2O2. The lowest BCUT2D eigenvalue weighted by Gasteiger charge is -2.22. The Hall–Kier alpha value is -2.37. The number of aromatic nitrogens is 1. The fourth-order valence-electron chi connectivity index (χ4n) is 3.24. The number of benzene rings is 2. The molecule has 1 amide bonds. The van der Waals surface area contributed by atoms with Gasteiger partial charge in [0.05, 0.1) is 11.2 Å². The fourth-order valence-corrected chi connectivity index (χ4v) is 3.74. The van der Waals surface area contributed by atoms with Crippen LogP contribution in [0.3, 0.4) is 0 Å². The van der Waals surface area contributed by atoms with Crippen LogP contribution in [0.4, 0.5) is 4.39 Å². The van der Waals surface area contributed by atoms with Gasteiger partial charge in [-0.25, -0.2) is 9.37 Å². The monoisotopic (exact) mass is 432 g/mol. The molecule has 1 saturated carbocycles. The predicted molar refractivity (Wildman–Crippen MR) is 110 cm³/mol. The van der Waals surface area contributed by atoms with Gasteiger partial charge in [0.15, 0.2) is 11.7 Å². The van der Waals surface area contributed by atoms with Gasteiger partial charge in [0.2, 0.25) is 5.91 Å². The summed E-state index contributed by atoms with van der Waals surface area (Å²) >= 11 is 12.1. The van der Waals surface area contributed by atoms with Crippen molar-refractivity contribution in [2.45, 2.75) is 38.3 Å². The number of oxazole rings is 1. The minimum absolute atomic E-state index is 0.0148. The van der Waals surface area contributed by atoms with Gasteiger partial charge in [-0.05, 0) is 48.7 Å². The van der Waals surface area contributed by atoms with Gasteiger partial charge >= 0.3 is 0 Å². The fraction of sp³-hybridized carbons (Fsp3) is 0.273. The first kappa shape index (κ1) is 19.9. The number of halogens is 3. The van der Waals surface area contributed by atoms with Gasteiger partial charge < -0.3 is 9.32 Å². The van der Waals surface area contributed by atoms with Crippen LogP contribution in [0.25, 0.3) is 11.3 Å². The van der Waals surface area contributed by atoms with Gasteiger partial charge in [0.25, 0.3) is 0 Å². The van der Waals surface area contributed by atoms with Crippen molar-refractivity contribution in [2.75, 3.05) is 0 Å². The molecule has 4 nitrogen and oxygen atoms in total. The molecule has 0 unspecified atom stereocenters. The summed E-state index contributed by atoms with van der Waals surface area (Å²) in [5.41, 5.74) is 1.49. The molecule has 0 spiro atoms. The third-order valence-electron chi connectivity index (χ3n) is 4.85. The average molecular weight is 433 g/mol. The average Bonchev–Trinajstić information content (AvgIpc) is 3.42. The second-order valence-corrected chi connectivity index (χ2v) is 7.97. The Morgan fingerprint density at radius 2 is 2.03 bits per heavy atom. The summed E-state index contributed by atoms with van der Waals surface area (Å²) < 4.78 is 19.2. The van der Waals surface area contributed by atoms with Crippen LogP contribution >= 0.6 is 23.2 Å². The van der Waals surface area contributed by atoms with E-state index >= 15 is 0 Å². The molecule has 4 rings (SSSR count). The summed E-state index contributed by atoms with van der Waals surface area (Å²) in [4.78, 5) is 18.9. The summed E-state index contributed by atoms with van der Waals surface area (Å²) in [7, 11) is 0. The highest BCUT2D eigenvalue weighted by Crippen LogP contribution is 2.32. The highest BCUT2D eigenvalue weighted by Gasteiger charge is 2.32. The van der Waals surface area contributed by atoms with Crippen LogP contribution in [0.1, 0.15) is 30.7 Å². The van der Waals surface area contributed by atoms with E-state index in [2.05, 4.69) is 4.98 Å². The van der Waals surface area contributed by atoms with Crippen molar-refractivity contribution in [3.63, 3.8) is 0 Å². The quantitative estimate of drug-likeness (QED) is 0.465. The Labute approximate surface area is 178 Å². The minimum atomic E-state index is -0.293.